The van der Waals surface area contributed by atoms with E-state index in [1.807, 2.05) is 36.6 Å². The van der Waals surface area contributed by atoms with E-state index < -0.39 is 11.4 Å². The number of ether oxygens (including phenoxy) is 2. The molecule has 1 aromatic rings. The Morgan fingerprint density at radius 3 is 2.50 bits per heavy atom. The van der Waals surface area contributed by atoms with E-state index in [2.05, 4.69) is 0 Å². The van der Waals surface area contributed by atoms with Crippen molar-refractivity contribution in [2.24, 2.45) is 0 Å². The number of hydrogen-bond acceptors (Lipinski definition) is 4. The van der Waals surface area contributed by atoms with Crippen molar-refractivity contribution in [1.82, 2.24) is 0 Å². The van der Waals surface area contributed by atoms with Crippen molar-refractivity contribution in [2.45, 2.75) is 31.7 Å². The van der Waals surface area contributed by atoms with Crippen LogP contribution in [0.4, 0.5) is 0 Å². The summed E-state index contributed by atoms with van der Waals surface area (Å²) in [5.74, 6) is -0.347. The van der Waals surface area contributed by atoms with Gasteiger partial charge in [0.2, 0.25) is 5.79 Å². The summed E-state index contributed by atoms with van der Waals surface area (Å²) >= 11 is 1.67. The molecule has 1 aromatic carbocycles. The summed E-state index contributed by atoms with van der Waals surface area (Å²) in [6, 6.07) is 9.90. The Bertz CT molecular complexity index is 430. The van der Waals surface area contributed by atoms with E-state index in [4.69, 9.17) is 9.47 Å². The third-order valence-corrected chi connectivity index (χ3v) is 3.66. The van der Waals surface area contributed by atoms with E-state index in [1.54, 1.807) is 25.6 Å². The van der Waals surface area contributed by atoms with Gasteiger partial charge in [0.25, 0.3) is 0 Å². The Hall–Kier alpha value is -1.00. The molecule has 4 heteroatoms. The van der Waals surface area contributed by atoms with E-state index in [9.17, 15) is 4.79 Å². The second kappa shape index (κ2) is 4.94. The predicted octanol–water partition coefficient (Wildman–Crippen LogP) is 2.94. The van der Waals surface area contributed by atoms with Crippen LogP contribution in [0.25, 0.3) is 0 Å². The molecule has 1 atom stereocenters. The molecule has 1 saturated heterocycles. The van der Waals surface area contributed by atoms with Gasteiger partial charge in [-0.2, -0.15) is 11.8 Å². The first kappa shape index (κ1) is 13.4. The summed E-state index contributed by atoms with van der Waals surface area (Å²) in [5, 5.41) is 0. The molecule has 18 heavy (non-hydrogen) atoms. The number of thioether (sulfide) groups is 1. The Balaban J connectivity index is 2.41. The van der Waals surface area contributed by atoms with Gasteiger partial charge >= 0.3 is 5.97 Å². The van der Waals surface area contributed by atoms with Crippen molar-refractivity contribution in [3.05, 3.63) is 35.9 Å². The van der Waals surface area contributed by atoms with E-state index in [1.165, 1.54) is 0 Å². The van der Waals surface area contributed by atoms with Crippen LogP contribution in [-0.4, -0.2) is 23.8 Å². The first-order valence-electron chi connectivity index (χ1n) is 5.94. The molecule has 0 bridgehead atoms. The van der Waals surface area contributed by atoms with Gasteiger partial charge in [0.15, 0.2) is 0 Å². The maximum atomic E-state index is 11.8. The monoisotopic (exact) mass is 266 g/mol. The molecule has 0 spiro atoms. The summed E-state index contributed by atoms with van der Waals surface area (Å²) < 4.78 is 11.3. The normalized spacial score (nSPS) is 26.7. The first-order chi connectivity index (χ1) is 8.47. The fourth-order valence-electron chi connectivity index (χ4n) is 2.37. The van der Waals surface area contributed by atoms with E-state index in [-0.39, 0.29) is 12.4 Å². The van der Waals surface area contributed by atoms with Crippen LogP contribution in [0, 0.1) is 0 Å². The highest BCUT2D eigenvalue weighted by molar-refractivity contribution is 7.98. The molecule has 1 aliphatic rings. The highest BCUT2D eigenvalue weighted by atomic mass is 32.2. The minimum absolute atomic E-state index is 0.204. The van der Waals surface area contributed by atoms with Crippen LogP contribution in [0.1, 0.15) is 25.8 Å². The summed E-state index contributed by atoms with van der Waals surface area (Å²) in [5.41, 5.74) is 0.448. The molecule has 1 fully saturated rings. The van der Waals surface area contributed by atoms with Crippen molar-refractivity contribution >= 4 is 17.7 Å². The van der Waals surface area contributed by atoms with E-state index >= 15 is 0 Å². The van der Waals surface area contributed by atoms with Crippen molar-refractivity contribution in [3.63, 3.8) is 0 Å². The standard InChI is InChI=1S/C14H18O3S/c1-13(2)16-12(15)9-14(17-13,10-18-3)11-7-5-4-6-8-11/h4-8H,9-10H2,1-3H3. The number of cyclic esters (lactones) is 1. The molecule has 0 amide bonds. The van der Waals surface area contributed by atoms with E-state index in [0.717, 1.165) is 11.3 Å². The molecular formula is C14H18O3S. The second-order valence-corrected chi connectivity index (χ2v) is 5.81. The van der Waals surface area contributed by atoms with Crippen LogP contribution in [0.15, 0.2) is 30.3 Å². The van der Waals surface area contributed by atoms with Crippen molar-refractivity contribution in [1.29, 1.82) is 0 Å². The van der Waals surface area contributed by atoms with Gasteiger partial charge in [-0.05, 0) is 11.8 Å². The molecule has 1 heterocycles. The zero-order valence-electron chi connectivity index (χ0n) is 10.9. The van der Waals surface area contributed by atoms with Crippen LogP contribution in [0.2, 0.25) is 0 Å². The van der Waals surface area contributed by atoms with Crippen LogP contribution in [0.3, 0.4) is 0 Å². The topological polar surface area (TPSA) is 35.5 Å². The quantitative estimate of drug-likeness (QED) is 0.788. The Labute approximate surface area is 112 Å². The number of rotatable bonds is 3. The van der Waals surface area contributed by atoms with Gasteiger partial charge in [0.05, 0.1) is 6.42 Å². The second-order valence-electron chi connectivity index (χ2n) is 4.95. The summed E-state index contributed by atoms with van der Waals surface area (Å²) in [6.45, 7) is 3.56. The number of benzene rings is 1. The molecule has 0 radical (unpaired) electrons. The lowest BCUT2D eigenvalue weighted by Gasteiger charge is -2.44. The van der Waals surface area contributed by atoms with Gasteiger partial charge in [0.1, 0.15) is 5.60 Å². The average molecular weight is 266 g/mol. The highest BCUT2D eigenvalue weighted by Crippen LogP contribution is 2.41. The van der Waals surface area contributed by atoms with Gasteiger partial charge in [-0.25, -0.2) is 0 Å². The van der Waals surface area contributed by atoms with Crippen LogP contribution in [-0.2, 0) is 19.9 Å². The average Bonchev–Trinajstić information content (AvgIpc) is 2.27. The molecule has 0 aliphatic carbocycles. The lowest BCUT2D eigenvalue weighted by atomic mass is 9.90. The lowest BCUT2D eigenvalue weighted by Crippen LogP contribution is -2.50. The molecular weight excluding hydrogens is 248 g/mol. The van der Waals surface area contributed by atoms with Gasteiger partial charge in [-0.15, -0.1) is 0 Å². The fourth-order valence-corrected chi connectivity index (χ4v) is 3.16. The fraction of sp³-hybridized carbons (Fsp3) is 0.500. The molecule has 1 unspecified atom stereocenters. The van der Waals surface area contributed by atoms with Gasteiger partial charge in [-0.1, -0.05) is 30.3 Å². The van der Waals surface area contributed by atoms with Crippen molar-refractivity contribution in [3.8, 4) is 0 Å². The smallest absolute Gasteiger partial charge is 0.311 e. The lowest BCUT2D eigenvalue weighted by molar-refractivity contribution is -0.287. The van der Waals surface area contributed by atoms with Crippen LogP contribution in [0.5, 0.6) is 0 Å². The van der Waals surface area contributed by atoms with Gasteiger partial charge in [0, 0.05) is 19.6 Å². The highest BCUT2D eigenvalue weighted by Gasteiger charge is 2.47. The number of carbonyl (C=O) groups excluding carboxylic acids is 1. The number of esters is 1. The largest absolute Gasteiger partial charge is 0.434 e. The zero-order valence-corrected chi connectivity index (χ0v) is 11.8. The molecule has 98 valence electrons. The van der Waals surface area contributed by atoms with Crippen LogP contribution >= 0.6 is 11.8 Å². The third-order valence-electron chi connectivity index (χ3n) is 2.91. The Morgan fingerprint density at radius 1 is 1.28 bits per heavy atom. The minimum Gasteiger partial charge on any atom is -0.434 e. The van der Waals surface area contributed by atoms with Gasteiger partial charge < -0.3 is 9.47 Å². The van der Waals surface area contributed by atoms with Gasteiger partial charge in [-0.3, -0.25) is 4.79 Å². The molecule has 0 aromatic heterocycles. The predicted molar refractivity (Wildman–Crippen MR) is 72.4 cm³/mol. The summed E-state index contributed by atoms with van der Waals surface area (Å²) in [4.78, 5) is 11.8. The summed E-state index contributed by atoms with van der Waals surface area (Å²) in [6.07, 6.45) is 2.28. The Morgan fingerprint density at radius 2 is 1.94 bits per heavy atom. The minimum atomic E-state index is -0.874. The maximum absolute atomic E-state index is 11.8. The van der Waals surface area contributed by atoms with E-state index in [0.29, 0.717) is 0 Å². The molecule has 2 rings (SSSR count). The molecule has 0 saturated carbocycles. The van der Waals surface area contributed by atoms with Crippen LogP contribution < -0.4 is 0 Å². The molecule has 1 aliphatic heterocycles. The number of hydrogen-bond donors (Lipinski definition) is 0. The zero-order chi connectivity index (χ0) is 13.2. The molecule has 0 N–H and O–H groups in total. The molecule has 3 nitrogen and oxygen atoms in total. The number of carbonyl (C=O) groups is 1. The Kier molecular flexibility index (Phi) is 3.69. The maximum Gasteiger partial charge on any atom is 0.311 e. The first-order valence-corrected chi connectivity index (χ1v) is 7.33. The van der Waals surface area contributed by atoms with Crippen molar-refractivity contribution in [2.75, 3.05) is 12.0 Å². The SMILES string of the molecule is CSCC1(c2ccccc2)CC(=O)OC(C)(C)O1. The third kappa shape index (κ3) is 2.70. The summed E-state index contributed by atoms with van der Waals surface area (Å²) in [7, 11) is 0. The van der Waals surface area contributed by atoms with Crippen molar-refractivity contribution < 1.29 is 14.3 Å².